The standard InChI is InChI=1S/C18H29N3O2/c1-19(2)17-12-21(13-18(17)22)14-7-9-20(10-8-14)15-5-4-6-16(11-15)23-3/h4-6,11,14,17-18,22H,7-10,12-13H2,1-3H3/t17-,18-/m0/s1. The molecule has 3 rings (SSSR count). The summed E-state index contributed by atoms with van der Waals surface area (Å²) in [4.78, 5) is 7.07. The monoisotopic (exact) mass is 319 g/mol. The number of benzene rings is 1. The molecular formula is C18H29N3O2. The van der Waals surface area contributed by atoms with Gasteiger partial charge in [0.05, 0.1) is 13.2 Å². The summed E-state index contributed by atoms with van der Waals surface area (Å²) in [6.07, 6.45) is 2.09. The molecule has 1 aromatic rings. The molecule has 2 aliphatic rings. The highest BCUT2D eigenvalue weighted by atomic mass is 16.5. The average Bonchev–Trinajstić information content (AvgIpc) is 2.97. The second kappa shape index (κ2) is 7.07. The molecule has 128 valence electrons. The third kappa shape index (κ3) is 3.62. The lowest BCUT2D eigenvalue weighted by Gasteiger charge is -2.38. The number of anilines is 1. The number of likely N-dealkylation sites (N-methyl/N-ethyl adjacent to an activating group) is 1. The zero-order valence-electron chi connectivity index (χ0n) is 14.5. The molecule has 1 N–H and O–H groups in total. The second-order valence-corrected chi connectivity index (χ2v) is 6.97. The van der Waals surface area contributed by atoms with Crippen LogP contribution in [0.1, 0.15) is 12.8 Å². The van der Waals surface area contributed by atoms with Gasteiger partial charge >= 0.3 is 0 Å². The fourth-order valence-corrected chi connectivity index (χ4v) is 3.90. The van der Waals surface area contributed by atoms with Crippen molar-refractivity contribution in [3.8, 4) is 5.75 Å². The number of methoxy groups -OCH3 is 1. The predicted molar refractivity (Wildman–Crippen MR) is 93.3 cm³/mol. The van der Waals surface area contributed by atoms with E-state index in [0.717, 1.165) is 44.8 Å². The number of nitrogens with zero attached hydrogens (tertiary/aromatic N) is 3. The number of piperidine rings is 1. The molecule has 2 atom stereocenters. The summed E-state index contributed by atoms with van der Waals surface area (Å²) in [6.45, 7) is 3.93. The van der Waals surface area contributed by atoms with E-state index in [9.17, 15) is 5.11 Å². The van der Waals surface area contributed by atoms with Gasteiger partial charge in [-0.2, -0.15) is 0 Å². The van der Waals surface area contributed by atoms with Gasteiger partial charge in [0.1, 0.15) is 5.75 Å². The van der Waals surface area contributed by atoms with Crippen molar-refractivity contribution >= 4 is 5.69 Å². The van der Waals surface area contributed by atoms with Crippen LogP contribution in [0.2, 0.25) is 0 Å². The van der Waals surface area contributed by atoms with Gasteiger partial charge in [-0.15, -0.1) is 0 Å². The van der Waals surface area contributed by atoms with Crippen molar-refractivity contribution in [2.24, 2.45) is 0 Å². The van der Waals surface area contributed by atoms with Crippen LogP contribution < -0.4 is 9.64 Å². The van der Waals surface area contributed by atoms with Gasteiger partial charge in [-0.25, -0.2) is 0 Å². The third-order valence-electron chi connectivity index (χ3n) is 5.35. The van der Waals surface area contributed by atoms with Gasteiger partial charge < -0.3 is 19.6 Å². The Morgan fingerprint density at radius 1 is 1.17 bits per heavy atom. The first kappa shape index (κ1) is 16.6. The zero-order valence-corrected chi connectivity index (χ0v) is 14.5. The minimum atomic E-state index is -0.221. The number of likely N-dealkylation sites (tertiary alicyclic amines) is 1. The third-order valence-corrected chi connectivity index (χ3v) is 5.35. The fourth-order valence-electron chi connectivity index (χ4n) is 3.90. The van der Waals surface area contributed by atoms with Crippen LogP contribution in [-0.2, 0) is 0 Å². The Hall–Kier alpha value is -1.30. The number of rotatable bonds is 4. The molecule has 0 spiro atoms. The topological polar surface area (TPSA) is 39.2 Å². The first-order chi connectivity index (χ1) is 11.1. The summed E-state index contributed by atoms with van der Waals surface area (Å²) in [5.74, 6) is 0.918. The molecule has 0 bridgehead atoms. The van der Waals surface area contributed by atoms with Gasteiger partial charge in [-0.1, -0.05) is 6.07 Å². The van der Waals surface area contributed by atoms with E-state index in [1.807, 2.05) is 6.07 Å². The van der Waals surface area contributed by atoms with Gasteiger partial charge in [0.25, 0.3) is 0 Å². The van der Waals surface area contributed by atoms with Gasteiger partial charge in [-0.05, 0) is 39.1 Å². The van der Waals surface area contributed by atoms with Crippen LogP contribution in [-0.4, -0.2) is 80.5 Å². The molecule has 5 heteroatoms. The van der Waals surface area contributed by atoms with E-state index in [-0.39, 0.29) is 12.1 Å². The van der Waals surface area contributed by atoms with Crippen LogP contribution in [0.3, 0.4) is 0 Å². The molecule has 1 aromatic carbocycles. The number of ether oxygens (including phenoxy) is 1. The summed E-state index contributed by atoms with van der Waals surface area (Å²) < 4.78 is 5.33. The quantitative estimate of drug-likeness (QED) is 0.905. The Balaban J connectivity index is 1.56. The molecule has 0 saturated carbocycles. The average molecular weight is 319 g/mol. The van der Waals surface area contributed by atoms with Gasteiger partial charge in [0, 0.05) is 50.0 Å². The largest absolute Gasteiger partial charge is 0.497 e. The van der Waals surface area contributed by atoms with Crippen molar-refractivity contribution < 1.29 is 9.84 Å². The van der Waals surface area contributed by atoms with Crippen molar-refractivity contribution in [1.82, 2.24) is 9.80 Å². The van der Waals surface area contributed by atoms with Crippen molar-refractivity contribution in [2.45, 2.75) is 31.0 Å². The highest BCUT2D eigenvalue weighted by Crippen LogP contribution is 2.27. The maximum atomic E-state index is 10.2. The van der Waals surface area contributed by atoms with Crippen molar-refractivity contribution in [3.63, 3.8) is 0 Å². The first-order valence-corrected chi connectivity index (χ1v) is 8.56. The van der Waals surface area contributed by atoms with Crippen molar-refractivity contribution in [2.75, 3.05) is 52.3 Å². The summed E-state index contributed by atoms with van der Waals surface area (Å²) >= 11 is 0. The molecule has 0 aliphatic carbocycles. The minimum Gasteiger partial charge on any atom is -0.497 e. The van der Waals surface area contributed by atoms with Crippen LogP contribution in [0.15, 0.2) is 24.3 Å². The van der Waals surface area contributed by atoms with Crippen molar-refractivity contribution in [3.05, 3.63) is 24.3 Å². The summed E-state index contributed by atoms with van der Waals surface area (Å²) in [5, 5.41) is 10.2. The van der Waals surface area contributed by atoms with Crippen LogP contribution in [0.4, 0.5) is 5.69 Å². The minimum absolute atomic E-state index is 0.221. The summed E-state index contributed by atoms with van der Waals surface area (Å²) in [5.41, 5.74) is 1.25. The lowest BCUT2D eigenvalue weighted by molar-refractivity contribution is 0.110. The molecule has 2 aliphatic heterocycles. The Labute approximate surface area is 139 Å². The molecule has 2 fully saturated rings. The summed E-state index contributed by atoms with van der Waals surface area (Å²) in [7, 11) is 5.83. The molecular weight excluding hydrogens is 290 g/mol. The van der Waals surface area contributed by atoms with E-state index in [2.05, 4.69) is 47.0 Å². The molecule has 23 heavy (non-hydrogen) atoms. The number of aliphatic hydroxyl groups is 1. The Kier molecular flexibility index (Phi) is 5.09. The van der Waals surface area contributed by atoms with Crippen LogP contribution in [0, 0.1) is 0 Å². The Bertz CT molecular complexity index is 515. The Morgan fingerprint density at radius 3 is 2.52 bits per heavy atom. The highest BCUT2D eigenvalue weighted by Gasteiger charge is 2.37. The molecule has 0 unspecified atom stereocenters. The lowest BCUT2D eigenvalue weighted by atomic mass is 10.0. The van der Waals surface area contributed by atoms with E-state index < -0.39 is 0 Å². The van der Waals surface area contributed by atoms with E-state index in [0.29, 0.717) is 6.04 Å². The molecule has 0 radical (unpaired) electrons. The number of aliphatic hydroxyl groups excluding tert-OH is 1. The highest BCUT2D eigenvalue weighted by molar-refractivity contribution is 5.51. The molecule has 2 heterocycles. The number of β-amino-alcohol motifs (C(OH)–C–C–N with tert-alkyl or cyclic N) is 1. The van der Waals surface area contributed by atoms with Crippen LogP contribution in [0.5, 0.6) is 5.75 Å². The van der Waals surface area contributed by atoms with E-state index >= 15 is 0 Å². The van der Waals surface area contributed by atoms with E-state index in [4.69, 9.17) is 4.74 Å². The predicted octanol–water partition coefficient (Wildman–Crippen LogP) is 1.27. The number of hydrogen-bond donors (Lipinski definition) is 1. The molecule has 0 amide bonds. The van der Waals surface area contributed by atoms with E-state index in [1.165, 1.54) is 5.69 Å². The summed E-state index contributed by atoms with van der Waals surface area (Å²) in [6, 6.07) is 9.18. The Morgan fingerprint density at radius 2 is 1.91 bits per heavy atom. The fraction of sp³-hybridized carbons (Fsp3) is 0.667. The molecule has 2 saturated heterocycles. The van der Waals surface area contributed by atoms with Gasteiger partial charge in [0.15, 0.2) is 0 Å². The van der Waals surface area contributed by atoms with Crippen molar-refractivity contribution in [1.29, 1.82) is 0 Å². The van der Waals surface area contributed by atoms with E-state index in [1.54, 1.807) is 7.11 Å². The second-order valence-electron chi connectivity index (χ2n) is 6.97. The molecule has 0 aromatic heterocycles. The van der Waals surface area contributed by atoms with Gasteiger partial charge in [0.2, 0.25) is 0 Å². The maximum absolute atomic E-state index is 10.2. The van der Waals surface area contributed by atoms with Crippen LogP contribution in [0.25, 0.3) is 0 Å². The molecule has 5 nitrogen and oxygen atoms in total. The van der Waals surface area contributed by atoms with Gasteiger partial charge in [-0.3, -0.25) is 4.90 Å². The SMILES string of the molecule is COc1cccc(N2CCC(N3C[C@H](O)[C@@H](N(C)C)C3)CC2)c1. The normalized spacial score (nSPS) is 26.9. The lowest BCUT2D eigenvalue weighted by Crippen LogP contribution is -2.45. The maximum Gasteiger partial charge on any atom is 0.120 e. The zero-order chi connectivity index (χ0) is 16.4. The number of hydrogen-bond acceptors (Lipinski definition) is 5. The smallest absolute Gasteiger partial charge is 0.120 e. The van der Waals surface area contributed by atoms with Crippen LogP contribution >= 0.6 is 0 Å². The first-order valence-electron chi connectivity index (χ1n) is 8.56.